The normalized spacial score (nSPS) is 11.0. The van der Waals surface area contributed by atoms with E-state index in [0.717, 1.165) is 27.6 Å². The average molecular weight is 260 g/mol. The first-order valence-electron chi connectivity index (χ1n) is 6.22. The third-order valence-electron chi connectivity index (χ3n) is 3.18. The van der Waals surface area contributed by atoms with Gasteiger partial charge >= 0.3 is 0 Å². The molecule has 5 heteroatoms. The SMILES string of the molecule is c1ccc2nc[n+](-c3cc4cncnc4cn3)cc2c1. The summed E-state index contributed by atoms with van der Waals surface area (Å²) in [5.74, 6) is 0.797. The van der Waals surface area contributed by atoms with Crippen molar-refractivity contribution < 1.29 is 4.57 Å². The van der Waals surface area contributed by atoms with Gasteiger partial charge < -0.3 is 0 Å². The Balaban J connectivity index is 1.91. The Bertz CT molecular complexity index is 842. The first-order chi connectivity index (χ1) is 9.90. The van der Waals surface area contributed by atoms with Gasteiger partial charge in [0.15, 0.2) is 0 Å². The minimum absolute atomic E-state index is 0.797. The number of rotatable bonds is 1. The van der Waals surface area contributed by atoms with E-state index in [9.17, 15) is 0 Å². The third-order valence-corrected chi connectivity index (χ3v) is 3.18. The number of hydrogen-bond acceptors (Lipinski definition) is 4. The predicted octanol–water partition coefficient (Wildman–Crippen LogP) is 1.85. The number of pyridine rings is 1. The van der Waals surface area contributed by atoms with Gasteiger partial charge in [0.1, 0.15) is 23.6 Å². The molecule has 3 heterocycles. The molecule has 0 radical (unpaired) electrons. The van der Waals surface area contributed by atoms with Crippen molar-refractivity contribution in [3.8, 4) is 5.82 Å². The molecular weight excluding hydrogens is 250 g/mol. The van der Waals surface area contributed by atoms with Crippen LogP contribution in [-0.4, -0.2) is 19.9 Å². The maximum absolute atomic E-state index is 4.43. The molecule has 0 spiro atoms. The van der Waals surface area contributed by atoms with Crippen LogP contribution in [0, 0.1) is 0 Å². The first-order valence-corrected chi connectivity index (χ1v) is 6.22. The summed E-state index contributed by atoms with van der Waals surface area (Å²) in [6.07, 6.45) is 8.83. The smallest absolute Gasteiger partial charge is 0.244 e. The molecule has 0 saturated heterocycles. The second-order valence-corrected chi connectivity index (χ2v) is 4.46. The molecule has 0 saturated carbocycles. The fourth-order valence-electron chi connectivity index (χ4n) is 2.16. The Morgan fingerprint density at radius 1 is 0.850 bits per heavy atom. The fourth-order valence-corrected chi connectivity index (χ4v) is 2.16. The minimum Gasteiger partial charge on any atom is -0.244 e. The van der Waals surface area contributed by atoms with Gasteiger partial charge in [0.05, 0.1) is 6.20 Å². The predicted molar refractivity (Wildman–Crippen MR) is 74.2 cm³/mol. The maximum Gasteiger partial charge on any atom is 0.267 e. The topological polar surface area (TPSA) is 55.4 Å². The highest BCUT2D eigenvalue weighted by atomic mass is 15.1. The lowest BCUT2D eigenvalue weighted by molar-refractivity contribution is -0.601. The second kappa shape index (κ2) is 4.31. The van der Waals surface area contributed by atoms with E-state index >= 15 is 0 Å². The van der Waals surface area contributed by atoms with Crippen LogP contribution < -0.4 is 4.57 Å². The van der Waals surface area contributed by atoms with Gasteiger partial charge in [-0.25, -0.2) is 14.5 Å². The fraction of sp³-hybridized carbons (Fsp3) is 0. The zero-order chi connectivity index (χ0) is 13.4. The summed E-state index contributed by atoms with van der Waals surface area (Å²) in [4.78, 5) is 17.0. The zero-order valence-corrected chi connectivity index (χ0v) is 10.5. The number of aromatic nitrogens is 5. The lowest BCUT2D eigenvalue weighted by atomic mass is 10.2. The van der Waals surface area contributed by atoms with Crippen LogP contribution in [0.25, 0.3) is 27.6 Å². The molecule has 0 aliphatic carbocycles. The summed E-state index contributed by atoms with van der Waals surface area (Å²) in [5.41, 5.74) is 1.80. The molecule has 5 nitrogen and oxygen atoms in total. The van der Waals surface area contributed by atoms with E-state index < -0.39 is 0 Å². The summed E-state index contributed by atoms with van der Waals surface area (Å²) >= 11 is 0. The molecule has 0 aliphatic heterocycles. The van der Waals surface area contributed by atoms with E-state index in [-0.39, 0.29) is 0 Å². The Hall–Kier alpha value is -2.95. The van der Waals surface area contributed by atoms with Crippen molar-refractivity contribution in [2.24, 2.45) is 0 Å². The van der Waals surface area contributed by atoms with Crippen LogP contribution in [-0.2, 0) is 0 Å². The largest absolute Gasteiger partial charge is 0.267 e. The van der Waals surface area contributed by atoms with Crippen LogP contribution in [0.3, 0.4) is 0 Å². The van der Waals surface area contributed by atoms with Crippen molar-refractivity contribution in [3.63, 3.8) is 0 Å². The van der Waals surface area contributed by atoms with Gasteiger partial charge in [0.2, 0.25) is 6.33 Å². The molecule has 0 atom stereocenters. The van der Waals surface area contributed by atoms with E-state index in [1.54, 1.807) is 18.7 Å². The number of benzene rings is 1. The van der Waals surface area contributed by atoms with Crippen molar-refractivity contribution in [2.75, 3.05) is 0 Å². The molecule has 4 aromatic rings. The van der Waals surface area contributed by atoms with Gasteiger partial charge in [-0.3, -0.25) is 0 Å². The van der Waals surface area contributed by atoms with E-state index in [0.29, 0.717) is 0 Å². The van der Waals surface area contributed by atoms with Crippen LogP contribution in [0.4, 0.5) is 0 Å². The summed E-state index contributed by atoms with van der Waals surface area (Å²) < 4.78 is 1.90. The van der Waals surface area contributed by atoms with Crippen LogP contribution in [0.15, 0.2) is 61.6 Å². The summed E-state index contributed by atoms with van der Waals surface area (Å²) in [5, 5.41) is 2.03. The molecule has 4 rings (SSSR count). The molecule has 94 valence electrons. The standard InChI is InChI=1S/C15H10N5/c1-2-4-13-11(3-1)8-20(10-19-13)15-5-12-6-16-9-18-14(12)7-17-15/h1-10H/q+1. The highest BCUT2D eigenvalue weighted by Gasteiger charge is 2.08. The molecule has 0 N–H and O–H groups in total. The second-order valence-electron chi connectivity index (χ2n) is 4.46. The summed E-state index contributed by atoms with van der Waals surface area (Å²) in [7, 11) is 0. The Morgan fingerprint density at radius 3 is 2.80 bits per heavy atom. The molecule has 0 aliphatic rings. The lowest BCUT2D eigenvalue weighted by Crippen LogP contribution is -2.31. The van der Waals surface area contributed by atoms with Gasteiger partial charge in [-0.2, -0.15) is 0 Å². The van der Waals surface area contributed by atoms with E-state index in [4.69, 9.17) is 0 Å². The summed E-state index contributed by atoms with van der Waals surface area (Å²) in [6.45, 7) is 0. The quantitative estimate of drug-likeness (QED) is 0.490. The van der Waals surface area contributed by atoms with Gasteiger partial charge in [-0.15, -0.1) is 9.97 Å². The average Bonchev–Trinajstić information content (AvgIpc) is 2.54. The van der Waals surface area contributed by atoms with Gasteiger partial charge in [0.25, 0.3) is 5.82 Å². The van der Waals surface area contributed by atoms with Crippen molar-refractivity contribution in [1.29, 1.82) is 0 Å². The van der Waals surface area contributed by atoms with E-state index in [1.807, 2.05) is 41.1 Å². The lowest BCUT2D eigenvalue weighted by Gasteiger charge is -2.00. The molecule has 0 bridgehead atoms. The number of hydrogen-bond donors (Lipinski definition) is 0. The van der Waals surface area contributed by atoms with Crippen LogP contribution in [0.5, 0.6) is 0 Å². The highest BCUT2D eigenvalue weighted by molar-refractivity contribution is 5.78. The van der Waals surface area contributed by atoms with Crippen molar-refractivity contribution in [3.05, 3.63) is 61.6 Å². The van der Waals surface area contributed by atoms with Crippen molar-refractivity contribution >= 4 is 21.8 Å². The molecule has 0 amide bonds. The van der Waals surface area contributed by atoms with Gasteiger partial charge in [-0.05, 0) is 12.1 Å². The maximum atomic E-state index is 4.43. The Labute approximate surface area is 114 Å². The number of nitrogens with zero attached hydrogens (tertiary/aromatic N) is 5. The van der Waals surface area contributed by atoms with Crippen molar-refractivity contribution in [2.45, 2.75) is 0 Å². The molecular formula is C15H10N5+. The Morgan fingerprint density at radius 2 is 1.80 bits per heavy atom. The Kier molecular flexibility index (Phi) is 2.35. The van der Waals surface area contributed by atoms with E-state index in [1.165, 1.54) is 6.33 Å². The molecule has 20 heavy (non-hydrogen) atoms. The molecule has 1 aromatic carbocycles. The number of fused-ring (bicyclic) bond motifs is 2. The molecule has 3 aromatic heterocycles. The van der Waals surface area contributed by atoms with Gasteiger partial charge in [0, 0.05) is 23.0 Å². The van der Waals surface area contributed by atoms with Crippen LogP contribution in [0.1, 0.15) is 0 Å². The summed E-state index contributed by atoms with van der Waals surface area (Å²) in [6, 6.07) is 9.94. The third kappa shape index (κ3) is 1.76. The highest BCUT2D eigenvalue weighted by Crippen LogP contribution is 2.11. The van der Waals surface area contributed by atoms with Crippen LogP contribution >= 0.6 is 0 Å². The van der Waals surface area contributed by atoms with Crippen LogP contribution in [0.2, 0.25) is 0 Å². The minimum atomic E-state index is 0.797. The van der Waals surface area contributed by atoms with E-state index in [2.05, 4.69) is 19.9 Å². The van der Waals surface area contributed by atoms with Crippen molar-refractivity contribution in [1.82, 2.24) is 19.9 Å². The number of para-hydroxylation sites is 1. The molecule has 0 fully saturated rings. The first kappa shape index (κ1) is 10.9. The molecule has 0 unspecified atom stereocenters. The zero-order valence-electron chi connectivity index (χ0n) is 10.5. The van der Waals surface area contributed by atoms with Gasteiger partial charge in [-0.1, -0.05) is 12.1 Å². The monoisotopic (exact) mass is 260 g/mol.